The van der Waals surface area contributed by atoms with E-state index in [9.17, 15) is 22.8 Å². The molecule has 1 aromatic heterocycles. The van der Waals surface area contributed by atoms with Crippen molar-refractivity contribution in [3.8, 4) is 0 Å². The van der Waals surface area contributed by atoms with E-state index in [2.05, 4.69) is 20.6 Å². The average molecular weight is 471 g/mol. The van der Waals surface area contributed by atoms with Crippen LogP contribution in [-0.2, 0) is 13.1 Å². The highest BCUT2D eigenvalue weighted by atomic mass is 35.5. The van der Waals surface area contributed by atoms with Crippen LogP contribution in [0.2, 0.25) is 5.02 Å². The lowest BCUT2D eigenvalue weighted by Gasteiger charge is -2.08. The molecule has 11 heteroatoms. The molecule has 0 saturated heterocycles. The molecular formula is C20H15Cl2F3N4O2. The Bertz CT molecular complexity index is 1030. The lowest BCUT2D eigenvalue weighted by Crippen LogP contribution is -2.27. The summed E-state index contributed by atoms with van der Waals surface area (Å²) in [5.41, 5.74) is 0.791. The first-order valence-corrected chi connectivity index (χ1v) is 8.97. The lowest BCUT2D eigenvalue weighted by atomic mass is 10.2. The monoisotopic (exact) mass is 470 g/mol. The van der Waals surface area contributed by atoms with Crippen LogP contribution in [0.25, 0.3) is 0 Å². The molecule has 1 heterocycles. The molecule has 0 unspecified atom stereocenters. The molecule has 0 spiro atoms. The van der Waals surface area contributed by atoms with Crippen LogP contribution in [-0.4, -0.2) is 21.8 Å². The maximum absolute atomic E-state index is 13.2. The zero-order chi connectivity index (χ0) is 21.7. The number of aromatic nitrogens is 2. The maximum Gasteiger partial charge on any atom is 0.270 e. The van der Waals surface area contributed by atoms with Gasteiger partial charge in [-0.1, -0.05) is 23.7 Å². The second kappa shape index (κ2) is 10.7. The normalized spacial score (nSPS) is 10.2. The Morgan fingerprint density at radius 1 is 0.774 bits per heavy atom. The van der Waals surface area contributed by atoms with Gasteiger partial charge < -0.3 is 10.6 Å². The van der Waals surface area contributed by atoms with Crippen LogP contribution in [0.4, 0.5) is 13.2 Å². The van der Waals surface area contributed by atoms with Crippen molar-refractivity contribution in [3.63, 3.8) is 0 Å². The van der Waals surface area contributed by atoms with Gasteiger partial charge in [-0.05, 0) is 35.4 Å². The molecule has 0 saturated carbocycles. The van der Waals surface area contributed by atoms with Crippen LogP contribution < -0.4 is 10.6 Å². The molecule has 0 aliphatic rings. The molecule has 0 radical (unpaired) electrons. The van der Waals surface area contributed by atoms with Crippen molar-refractivity contribution in [3.05, 3.63) is 93.8 Å². The zero-order valence-corrected chi connectivity index (χ0v) is 17.2. The number of rotatable bonds is 6. The summed E-state index contributed by atoms with van der Waals surface area (Å²) in [5.74, 6) is -3.78. The van der Waals surface area contributed by atoms with Gasteiger partial charge in [0.15, 0.2) is 11.6 Å². The van der Waals surface area contributed by atoms with E-state index in [4.69, 9.17) is 11.6 Å². The third-order valence-electron chi connectivity index (χ3n) is 4.01. The van der Waals surface area contributed by atoms with Gasteiger partial charge in [0.25, 0.3) is 11.8 Å². The molecule has 3 aromatic rings. The summed E-state index contributed by atoms with van der Waals surface area (Å²) in [6.07, 6.45) is 1.05. The minimum atomic E-state index is -1.02. The molecule has 0 aliphatic carbocycles. The average Bonchev–Trinajstić information content (AvgIpc) is 2.75. The summed E-state index contributed by atoms with van der Waals surface area (Å²) in [6.45, 7) is 0.00733. The number of amides is 2. The molecule has 0 fully saturated rings. The molecule has 6 nitrogen and oxygen atoms in total. The number of nitrogens with zero attached hydrogens (tertiary/aromatic N) is 2. The maximum atomic E-state index is 13.2. The van der Waals surface area contributed by atoms with Gasteiger partial charge in [-0.15, -0.1) is 12.4 Å². The predicted octanol–water partition coefficient (Wildman–Crippen LogP) is 3.83. The molecule has 0 atom stereocenters. The molecule has 2 N–H and O–H groups in total. The first-order valence-electron chi connectivity index (χ1n) is 8.60. The third kappa shape index (κ3) is 6.40. The Balaban J connectivity index is 0.00000341. The van der Waals surface area contributed by atoms with Gasteiger partial charge in [0.1, 0.15) is 23.5 Å². The number of carbonyl (C=O) groups is 2. The smallest absolute Gasteiger partial charge is 0.270 e. The SMILES string of the molecule is Cl.O=C(NCc1ccc(F)c(F)c1)c1cc(C(=O)NCc2ccc(F)c(Cl)c2)ncn1. The van der Waals surface area contributed by atoms with Crippen LogP contribution in [0.15, 0.2) is 48.8 Å². The van der Waals surface area contributed by atoms with Gasteiger partial charge in [0.05, 0.1) is 5.02 Å². The summed E-state index contributed by atoms with van der Waals surface area (Å²) in [7, 11) is 0. The van der Waals surface area contributed by atoms with Crippen molar-refractivity contribution in [2.45, 2.75) is 13.1 Å². The summed E-state index contributed by atoms with van der Waals surface area (Å²) in [4.78, 5) is 32.2. The van der Waals surface area contributed by atoms with Crippen LogP contribution >= 0.6 is 24.0 Å². The van der Waals surface area contributed by atoms with E-state index in [1.807, 2.05) is 0 Å². The predicted molar refractivity (Wildman–Crippen MR) is 109 cm³/mol. The molecule has 0 aliphatic heterocycles. The van der Waals surface area contributed by atoms with Gasteiger partial charge >= 0.3 is 0 Å². The Morgan fingerprint density at radius 3 is 1.81 bits per heavy atom. The number of carbonyl (C=O) groups excluding carboxylic acids is 2. The van der Waals surface area contributed by atoms with Crippen molar-refractivity contribution < 1.29 is 22.8 Å². The third-order valence-corrected chi connectivity index (χ3v) is 4.30. The van der Waals surface area contributed by atoms with E-state index >= 15 is 0 Å². The van der Waals surface area contributed by atoms with E-state index < -0.39 is 29.3 Å². The van der Waals surface area contributed by atoms with Gasteiger partial charge in [-0.3, -0.25) is 9.59 Å². The topological polar surface area (TPSA) is 84.0 Å². The summed E-state index contributed by atoms with van der Waals surface area (Å²) < 4.78 is 39.4. The Hall–Kier alpha value is -3.17. The highest BCUT2D eigenvalue weighted by Gasteiger charge is 2.14. The van der Waals surface area contributed by atoms with Crippen molar-refractivity contribution in [2.75, 3.05) is 0 Å². The van der Waals surface area contributed by atoms with Crippen LogP contribution in [0, 0.1) is 17.5 Å². The first-order chi connectivity index (χ1) is 14.3. The molecule has 31 heavy (non-hydrogen) atoms. The number of halogens is 5. The Kier molecular flexibility index (Phi) is 8.35. The minimum Gasteiger partial charge on any atom is -0.347 e. The number of hydrogen-bond donors (Lipinski definition) is 2. The molecule has 0 bridgehead atoms. The van der Waals surface area contributed by atoms with E-state index in [-0.39, 0.29) is 41.9 Å². The largest absolute Gasteiger partial charge is 0.347 e. The Morgan fingerprint density at radius 2 is 1.29 bits per heavy atom. The van der Waals surface area contributed by atoms with E-state index in [1.165, 1.54) is 30.3 Å². The minimum absolute atomic E-state index is 0. The molecule has 3 rings (SSSR count). The standard InChI is InChI=1S/C20H14ClF3N4O2.ClH/c21-13-5-11(1-3-14(13)22)8-25-19(29)17-7-18(28-10-27-17)20(30)26-9-12-2-4-15(23)16(24)6-12;/h1-7,10H,8-9H2,(H,25,29)(H,26,30);1H. The first kappa shape index (κ1) is 24.1. The van der Waals surface area contributed by atoms with Crippen LogP contribution in [0.3, 0.4) is 0 Å². The number of nitrogens with one attached hydrogen (secondary N) is 2. The quantitative estimate of drug-likeness (QED) is 0.573. The fourth-order valence-electron chi connectivity index (χ4n) is 2.45. The van der Waals surface area contributed by atoms with E-state index in [0.717, 1.165) is 18.5 Å². The van der Waals surface area contributed by atoms with Crippen molar-refractivity contribution in [2.24, 2.45) is 0 Å². The molecule has 2 aromatic carbocycles. The fraction of sp³-hybridized carbons (Fsp3) is 0.100. The second-order valence-electron chi connectivity index (χ2n) is 6.15. The van der Waals surface area contributed by atoms with Crippen LogP contribution in [0.1, 0.15) is 32.1 Å². The Labute approximate surface area is 186 Å². The van der Waals surface area contributed by atoms with Crippen LogP contribution in [0.5, 0.6) is 0 Å². The lowest BCUT2D eigenvalue weighted by molar-refractivity contribution is 0.0944. The highest BCUT2D eigenvalue weighted by Crippen LogP contribution is 2.16. The highest BCUT2D eigenvalue weighted by molar-refractivity contribution is 6.30. The summed E-state index contributed by atoms with van der Waals surface area (Å²) in [6, 6.07) is 8.48. The summed E-state index contributed by atoms with van der Waals surface area (Å²) in [5, 5.41) is 5.01. The van der Waals surface area contributed by atoms with Crippen molar-refractivity contribution in [1.82, 2.24) is 20.6 Å². The zero-order valence-electron chi connectivity index (χ0n) is 15.7. The van der Waals surface area contributed by atoms with Crippen molar-refractivity contribution >= 4 is 35.8 Å². The molecular weight excluding hydrogens is 456 g/mol. The van der Waals surface area contributed by atoms with Gasteiger partial charge in [-0.25, -0.2) is 23.1 Å². The molecule has 162 valence electrons. The van der Waals surface area contributed by atoms with Crippen molar-refractivity contribution in [1.29, 1.82) is 0 Å². The van der Waals surface area contributed by atoms with E-state index in [1.54, 1.807) is 0 Å². The van der Waals surface area contributed by atoms with Gasteiger partial charge in [0, 0.05) is 19.2 Å². The van der Waals surface area contributed by atoms with Gasteiger partial charge in [0.2, 0.25) is 0 Å². The second-order valence-corrected chi connectivity index (χ2v) is 6.56. The fourth-order valence-corrected chi connectivity index (χ4v) is 2.65. The van der Waals surface area contributed by atoms with E-state index in [0.29, 0.717) is 11.1 Å². The van der Waals surface area contributed by atoms with Gasteiger partial charge in [-0.2, -0.15) is 0 Å². The summed E-state index contributed by atoms with van der Waals surface area (Å²) >= 11 is 5.70. The number of hydrogen-bond acceptors (Lipinski definition) is 4. The number of benzene rings is 2. The molecule has 2 amide bonds.